The molecule has 0 fully saturated rings. The van der Waals surface area contributed by atoms with E-state index in [1.165, 1.54) is 0 Å². The molecule has 3 heterocycles. The van der Waals surface area contributed by atoms with E-state index in [-0.39, 0.29) is 6.04 Å². The van der Waals surface area contributed by atoms with Crippen LogP contribution in [0.15, 0.2) is 41.1 Å². The molecule has 0 radical (unpaired) electrons. The second-order valence-electron chi connectivity index (χ2n) is 4.72. The third-order valence-corrected chi connectivity index (χ3v) is 3.02. The quantitative estimate of drug-likeness (QED) is 0.779. The third-order valence-electron chi connectivity index (χ3n) is 3.02. The summed E-state index contributed by atoms with van der Waals surface area (Å²) in [6, 6.07) is 8.07. The van der Waals surface area contributed by atoms with Gasteiger partial charge in [0.2, 0.25) is 5.95 Å². The SMILES string of the molecule is Cc1cccn2nc(NC(C)Cc3ccco3)nc12. The fraction of sp³-hybridized carbons (Fsp3) is 0.286. The number of anilines is 1. The van der Waals surface area contributed by atoms with Crippen LogP contribution in [0, 0.1) is 6.92 Å². The Hall–Kier alpha value is -2.30. The topological polar surface area (TPSA) is 55.4 Å². The van der Waals surface area contributed by atoms with Gasteiger partial charge in [-0.1, -0.05) is 6.07 Å². The molecule has 1 atom stereocenters. The molecule has 1 N–H and O–H groups in total. The summed E-state index contributed by atoms with van der Waals surface area (Å²) in [4.78, 5) is 4.49. The van der Waals surface area contributed by atoms with Crippen LogP contribution in [0.3, 0.4) is 0 Å². The first kappa shape index (κ1) is 11.8. The van der Waals surface area contributed by atoms with Crippen LogP contribution in [-0.2, 0) is 6.42 Å². The largest absolute Gasteiger partial charge is 0.469 e. The number of nitrogens with zero attached hydrogens (tertiary/aromatic N) is 3. The van der Waals surface area contributed by atoms with Gasteiger partial charge in [0.1, 0.15) is 5.76 Å². The van der Waals surface area contributed by atoms with Crippen LogP contribution >= 0.6 is 0 Å². The van der Waals surface area contributed by atoms with Gasteiger partial charge in [0, 0.05) is 18.7 Å². The molecule has 0 aliphatic heterocycles. The number of hydrogen-bond acceptors (Lipinski definition) is 4. The molecule has 3 aromatic rings. The average Bonchev–Trinajstić information content (AvgIpc) is 2.98. The van der Waals surface area contributed by atoms with E-state index < -0.39 is 0 Å². The molecule has 5 heteroatoms. The lowest BCUT2D eigenvalue weighted by atomic mass is 10.2. The van der Waals surface area contributed by atoms with Gasteiger partial charge in [-0.15, -0.1) is 5.10 Å². The standard InChI is InChI=1S/C14H16N4O/c1-10-5-3-7-18-13(10)16-14(17-18)15-11(2)9-12-6-4-8-19-12/h3-8,11H,9H2,1-2H3,(H,15,17). The highest BCUT2D eigenvalue weighted by Gasteiger charge is 2.10. The zero-order valence-corrected chi connectivity index (χ0v) is 11.0. The predicted molar refractivity (Wildman–Crippen MR) is 73.2 cm³/mol. The van der Waals surface area contributed by atoms with Crippen molar-refractivity contribution >= 4 is 11.6 Å². The summed E-state index contributed by atoms with van der Waals surface area (Å²) < 4.78 is 7.12. The van der Waals surface area contributed by atoms with Gasteiger partial charge >= 0.3 is 0 Å². The van der Waals surface area contributed by atoms with Gasteiger partial charge in [-0.2, -0.15) is 4.98 Å². The summed E-state index contributed by atoms with van der Waals surface area (Å²) in [7, 11) is 0. The van der Waals surface area contributed by atoms with Gasteiger partial charge in [0.05, 0.1) is 6.26 Å². The van der Waals surface area contributed by atoms with Crippen LogP contribution in [0.25, 0.3) is 5.65 Å². The number of furan rings is 1. The van der Waals surface area contributed by atoms with Gasteiger partial charge in [-0.25, -0.2) is 4.52 Å². The average molecular weight is 256 g/mol. The molecule has 0 saturated carbocycles. The van der Waals surface area contributed by atoms with Gasteiger partial charge in [0.25, 0.3) is 0 Å². The van der Waals surface area contributed by atoms with Crippen molar-refractivity contribution in [3.05, 3.63) is 48.0 Å². The maximum atomic E-state index is 5.33. The molecule has 19 heavy (non-hydrogen) atoms. The van der Waals surface area contributed by atoms with E-state index in [1.54, 1.807) is 10.8 Å². The van der Waals surface area contributed by atoms with Crippen LogP contribution < -0.4 is 5.32 Å². The van der Waals surface area contributed by atoms with Crippen molar-refractivity contribution in [2.45, 2.75) is 26.3 Å². The van der Waals surface area contributed by atoms with Crippen LogP contribution in [0.2, 0.25) is 0 Å². The Labute approximate surface area is 111 Å². The normalized spacial score (nSPS) is 12.7. The molecule has 0 aromatic carbocycles. The van der Waals surface area contributed by atoms with Crippen molar-refractivity contribution in [3.8, 4) is 0 Å². The van der Waals surface area contributed by atoms with Gasteiger partial charge in [-0.3, -0.25) is 0 Å². The Morgan fingerprint density at radius 1 is 1.37 bits per heavy atom. The minimum Gasteiger partial charge on any atom is -0.469 e. The Bertz CT molecular complexity index is 672. The van der Waals surface area contributed by atoms with E-state index in [0.29, 0.717) is 5.95 Å². The molecule has 5 nitrogen and oxygen atoms in total. The lowest BCUT2D eigenvalue weighted by Gasteiger charge is -2.09. The van der Waals surface area contributed by atoms with Crippen molar-refractivity contribution in [1.29, 1.82) is 0 Å². The highest BCUT2D eigenvalue weighted by atomic mass is 16.3. The first-order valence-corrected chi connectivity index (χ1v) is 6.33. The smallest absolute Gasteiger partial charge is 0.243 e. The second-order valence-corrected chi connectivity index (χ2v) is 4.72. The molecule has 0 spiro atoms. The van der Waals surface area contributed by atoms with Crippen LogP contribution in [0.4, 0.5) is 5.95 Å². The van der Waals surface area contributed by atoms with Crippen molar-refractivity contribution in [2.24, 2.45) is 0 Å². The molecule has 3 rings (SSSR count). The lowest BCUT2D eigenvalue weighted by Crippen LogP contribution is -2.18. The summed E-state index contributed by atoms with van der Waals surface area (Å²) in [5, 5.41) is 7.70. The van der Waals surface area contributed by atoms with Gasteiger partial charge < -0.3 is 9.73 Å². The fourth-order valence-electron chi connectivity index (χ4n) is 2.10. The number of hydrogen-bond donors (Lipinski definition) is 1. The Kier molecular flexibility index (Phi) is 2.95. The third kappa shape index (κ3) is 2.45. The number of fused-ring (bicyclic) bond motifs is 1. The van der Waals surface area contributed by atoms with E-state index >= 15 is 0 Å². The molecule has 98 valence electrons. The lowest BCUT2D eigenvalue weighted by molar-refractivity contribution is 0.497. The van der Waals surface area contributed by atoms with E-state index in [0.717, 1.165) is 23.4 Å². The van der Waals surface area contributed by atoms with E-state index in [1.807, 2.05) is 37.4 Å². The summed E-state index contributed by atoms with van der Waals surface area (Å²) in [6.45, 7) is 4.11. The molecule has 3 aromatic heterocycles. The van der Waals surface area contributed by atoms with Crippen LogP contribution in [0.5, 0.6) is 0 Å². The fourth-order valence-corrected chi connectivity index (χ4v) is 2.10. The number of aryl methyl sites for hydroxylation is 1. The first-order chi connectivity index (χ1) is 9.22. The number of pyridine rings is 1. The van der Waals surface area contributed by atoms with E-state index in [4.69, 9.17) is 4.42 Å². The van der Waals surface area contributed by atoms with Crippen molar-refractivity contribution in [3.63, 3.8) is 0 Å². The number of aromatic nitrogens is 3. The summed E-state index contributed by atoms with van der Waals surface area (Å²) >= 11 is 0. The van der Waals surface area contributed by atoms with E-state index in [2.05, 4.69) is 22.3 Å². The molecular formula is C14H16N4O. The first-order valence-electron chi connectivity index (χ1n) is 6.33. The number of nitrogens with one attached hydrogen (secondary N) is 1. The van der Waals surface area contributed by atoms with Crippen molar-refractivity contribution in [1.82, 2.24) is 14.6 Å². The van der Waals surface area contributed by atoms with Gasteiger partial charge in [-0.05, 0) is 37.6 Å². The predicted octanol–water partition coefficient (Wildman–Crippen LogP) is 2.67. The molecule has 0 aliphatic carbocycles. The summed E-state index contributed by atoms with van der Waals surface area (Å²) in [5.74, 6) is 1.60. The monoisotopic (exact) mass is 256 g/mol. The van der Waals surface area contributed by atoms with Crippen LogP contribution in [0.1, 0.15) is 18.2 Å². The zero-order valence-electron chi connectivity index (χ0n) is 11.0. The zero-order chi connectivity index (χ0) is 13.2. The van der Waals surface area contributed by atoms with Crippen LogP contribution in [-0.4, -0.2) is 20.6 Å². The summed E-state index contributed by atoms with van der Waals surface area (Å²) in [6.07, 6.45) is 4.40. The maximum Gasteiger partial charge on any atom is 0.243 e. The molecule has 0 amide bonds. The molecule has 0 bridgehead atoms. The second kappa shape index (κ2) is 4.76. The Morgan fingerprint density at radius 3 is 3.00 bits per heavy atom. The molecular weight excluding hydrogens is 240 g/mol. The maximum absolute atomic E-state index is 5.33. The number of rotatable bonds is 4. The van der Waals surface area contributed by atoms with E-state index in [9.17, 15) is 0 Å². The minimum absolute atomic E-state index is 0.212. The van der Waals surface area contributed by atoms with Crippen molar-refractivity contribution < 1.29 is 4.42 Å². The Morgan fingerprint density at radius 2 is 2.26 bits per heavy atom. The highest BCUT2D eigenvalue weighted by molar-refractivity contribution is 5.49. The summed E-state index contributed by atoms with van der Waals surface area (Å²) in [5.41, 5.74) is 2.00. The highest BCUT2D eigenvalue weighted by Crippen LogP contribution is 2.12. The van der Waals surface area contributed by atoms with Gasteiger partial charge in [0.15, 0.2) is 5.65 Å². The molecule has 0 saturated heterocycles. The Balaban J connectivity index is 1.76. The molecule has 1 unspecified atom stereocenters. The minimum atomic E-state index is 0.212. The molecule has 0 aliphatic rings. The van der Waals surface area contributed by atoms with Crippen molar-refractivity contribution in [2.75, 3.05) is 5.32 Å².